The van der Waals surface area contributed by atoms with Gasteiger partial charge in [0.2, 0.25) is 0 Å². The molecule has 0 bridgehead atoms. The van der Waals surface area contributed by atoms with E-state index in [4.69, 9.17) is 10.2 Å². The maximum Gasteiger partial charge on any atom is 0.303 e. The fourth-order valence-corrected chi connectivity index (χ4v) is 5.02. The first kappa shape index (κ1) is 22.6. The molecule has 0 fully saturated rings. The van der Waals surface area contributed by atoms with Crippen LogP contribution in [0.5, 0.6) is 0 Å². The number of carbonyl (C=O) groups excluding carboxylic acids is 1. The molecule has 0 aromatic carbocycles. The highest BCUT2D eigenvalue weighted by atomic mass is 33.1. The van der Waals surface area contributed by atoms with Gasteiger partial charge in [-0.05, 0) is 38.5 Å². The highest BCUT2D eigenvalue weighted by Crippen LogP contribution is 2.17. The number of carboxylic acids is 2. The van der Waals surface area contributed by atoms with E-state index in [1.807, 2.05) is 10.8 Å². The zero-order chi connectivity index (χ0) is 17.3. The van der Waals surface area contributed by atoms with Crippen LogP contribution in [0.15, 0.2) is 0 Å². The first-order valence-corrected chi connectivity index (χ1v) is 11.5. The zero-order valence-electron chi connectivity index (χ0n) is 14.0. The maximum atomic E-state index is 10.4. The van der Waals surface area contributed by atoms with E-state index < -0.39 is 11.9 Å². The molecule has 5 nitrogen and oxygen atoms in total. The smallest absolute Gasteiger partial charge is 0.303 e. The number of carboxylic acid groups (broad SMARTS) is 2. The molecule has 7 heteroatoms. The molecule has 0 rings (SSSR count). The highest BCUT2D eigenvalue weighted by molar-refractivity contribution is 8.73. The lowest BCUT2D eigenvalue weighted by Crippen LogP contribution is -2.21. The Hall–Kier alpha value is -0.400. The molecule has 3 N–H and O–H groups in total. The van der Waals surface area contributed by atoms with Gasteiger partial charge >= 0.3 is 5.97 Å². The monoisotopic (exact) mass is 365 g/mol. The summed E-state index contributed by atoms with van der Waals surface area (Å²) in [5.74, 6) is 0.479. The summed E-state index contributed by atoms with van der Waals surface area (Å²) in [6.07, 6.45) is 10.7. The first-order valence-electron chi connectivity index (χ1n) is 8.52. The van der Waals surface area contributed by atoms with Crippen LogP contribution in [0, 0.1) is 0 Å². The molecule has 0 aromatic heterocycles. The molecule has 0 saturated heterocycles. The lowest BCUT2D eigenvalue weighted by Gasteiger charge is -2.03. The number of hydrogen-bond donors (Lipinski definition) is 2. The number of hydrogen-bond acceptors (Lipinski definition) is 5. The van der Waals surface area contributed by atoms with E-state index >= 15 is 0 Å². The minimum atomic E-state index is -0.952. The highest BCUT2D eigenvalue weighted by Gasteiger charge is 2.13. The van der Waals surface area contributed by atoms with Crippen molar-refractivity contribution >= 4 is 32.8 Å². The second-order valence-electron chi connectivity index (χ2n) is 5.71. The summed E-state index contributed by atoms with van der Waals surface area (Å²) in [4.78, 5) is 20.6. The Labute approximate surface area is 146 Å². The topological polar surface area (TPSA) is 103 Å². The van der Waals surface area contributed by atoms with E-state index in [1.165, 1.54) is 0 Å². The summed E-state index contributed by atoms with van der Waals surface area (Å²) < 4.78 is 0. The number of nitrogens with two attached hydrogens (primary N) is 1. The Morgan fingerprint density at radius 3 is 2.00 bits per heavy atom. The normalized spacial score (nSPS) is 12.2. The molecule has 0 aliphatic heterocycles. The van der Waals surface area contributed by atoms with E-state index in [0.717, 1.165) is 75.7 Å². The van der Waals surface area contributed by atoms with Gasteiger partial charge in [0.15, 0.2) is 0 Å². The SMILES string of the molecule is N[S+](CCCCCCCC(=O)[O-])SCCCCCCCC(=O)O. The van der Waals surface area contributed by atoms with Crippen LogP contribution >= 0.6 is 10.8 Å². The predicted octanol–water partition coefficient (Wildman–Crippen LogP) is 2.64. The number of aliphatic carboxylic acids is 2. The van der Waals surface area contributed by atoms with Crippen molar-refractivity contribution in [1.29, 1.82) is 0 Å². The van der Waals surface area contributed by atoms with Crippen molar-refractivity contribution in [1.82, 2.24) is 0 Å². The van der Waals surface area contributed by atoms with Gasteiger partial charge in [-0.25, -0.2) is 0 Å². The number of rotatable bonds is 17. The molecule has 136 valence electrons. The van der Waals surface area contributed by atoms with Crippen LogP contribution in [0.2, 0.25) is 0 Å². The Kier molecular flexibility index (Phi) is 16.2. The van der Waals surface area contributed by atoms with Gasteiger partial charge in [0.05, 0.1) is 0 Å². The van der Waals surface area contributed by atoms with Crippen LogP contribution in [-0.2, 0) is 19.7 Å². The maximum absolute atomic E-state index is 10.4. The van der Waals surface area contributed by atoms with E-state index in [2.05, 4.69) is 0 Å². The van der Waals surface area contributed by atoms with Gasteiger partial charge < -0.3 is 15.0 Å². The quantitative estimate of drug-likeness (QED) is 0.233. The number of unbranched alkanes of at least 4 members (excludes halogenated alkanes) is 8. The molecule has 0 spiro atoms. The van der Waals surface area contributed by atoms with Crippen LogP contribution in [0.3, 0.4) is 0 Å². The third kappa shape index (κ3) is 19.6. The summed E-state index contributed by atoms with van der Waals surface area (Å²) in [7, 11) is 1.78. The van der Waals surface area contributed by atoms with Gasteiger partial charge in [0, 0.05) is 18.1 Å². The molecule has 0 radical (unpaired) electrons. The van der Waals surface area contributed by atoms with Gasteiger partial charge in [0.1, 0.15) is 26.7 Å². The summed E-state index contributed by atoms with van der Waals surface area (Å²) in [5, 5.41) is 24.9. The molecule has 0 aliphatic carbocycles. The molecular weight excluding hydrogens is 334 g/mol. The van der Waals surface area contributed by atoms with Gasteiger partial charge in [-0.2, -0.15) is 0 Å². The average molecular weight is 366 g/mol. The summed E-state index contributed by atoms with van der Waals surface area (Å²) in [6, 6.07) is 0. The Morgan fingerprint density at radius 2 is 1.39 bits per heavy atom. The first-order chi connectivity index (χ1) is 11.0. The zero-order valence-corrected chi connectivity index (χ0v) is 15.6. The predicted molar refractivity (Wildman–Crippen MR) is 96.9 cm³/mol. The standard InChI is InChI=1S/C16H31NO4S2/c17-23(14-10-6-2-4-8-12-16(20)21)22-13-9-5-1-3-7-11-15(18)19/h1-14,17H2,(H-,18,19,20,21). The molecule has 0 aliphatic rings. The molecule has 23 heavy (non-hydrogen) atoms. The van der Waals surface area contributed by atoms with E-state index in [0.29, 0.717) is 0 Å². The molecule has 0 aromatic rings. The second kappa shape index (κ2) is 16.5. The van der Waals surface area contributed by atoms with E-state index in [1.54, 1.807) is 0 Å². The van der Waals surface area contributed by atoms with Gasteiger partial charge in [-0.3, -0.25) is 4.79 Å². The van der Waals surface area contributed by atoms with Crippen LogP contribution in [0.4, 0.5) is 0 Å². The van der Waals surface area contributed by atoms with Crippen molar-refractivity contribution in [3.05, 3.63) is 0 Å². The van der Waals surface area contributed by atoms with Gasteiger partial charge in [0.25, 0.3) is 0 Å². The summed E-state index contributed by atoms with van der Waals surface area (Å²) >= 11 is 0. The molecule has 0 saturated carbocycles. The fourth-order valence-electron chi connectivity index (χ4n) is 2.18. The van der Waals surface area contributed by atoms with E-state index in [-0.39, 0.29) is 23.0 Å². The lowest BCUT2D eigenvalue weighted by molar-refractivity contribution is -0.305. The summed E-state index contributed by atoms with van der Waals surface area (Å²) in [5.41, 5.74) is 0. The average Bonchev–Trinajstić information content (AvgIpc) is 2.48. The van der Waals surface area contributed by atoms with Crippen LogP contribution in [0.1, 0.15) is 77.0 Å². The Morgan fingerprint density at radius 1 is 0.870 bits per heavy atom. The molecule has 0 amide bonds. The lowest BCUT2D eigenvalue weighted by atomic mass is 10.1. The van der Waals surface area contributed by atoms with Gasteiger partial charge in [-0.15, -0.1) is 5.14 Å². The largest absolute Gasteiger partial charge is 0.550 e. The van der Waals surface area contributed by atoms with Crippen molar-refractivity contribution in [2.45, 2.75) is 77.0 Å². The third-order valence-corrected chi connectivity index (χ3v) is 6.85. The minimum Gasteiger partial charge on any atom is -0.550 e. The summed E-state index contributed by atoms with van der Waals surface area (Å²) in [6.45, 7) is 0. The molecule has 0 heterocycles. The van der Waals surface area contributed by atoms with Crippen LogP contribution in [0.25, 0.3) is 0 Å². The Bertz CT molecular complexity index is 316. The van der Waals surface area contributed by atoms with Gasteiger partial charge in [-0.1, -0.05) is 32.1 Å². The van der Waals surface area contributed by atoms with Crippen molar-refractivity contribution in [3.8, 4) is 0 Å². The molecular formula is C16H31NO4S2. The third-order valence-electron chi connectivity index (χ3n) is 3.50. The Balaban J connectivity index is 3.20. The van der Waals surface area contributed by atoms with Crippen molar-refractivity contribution in [3.63, 3.8) is 0 Å². The van der Waals surface area contributed by atoms with Crippen molar-refractivity contribution in [2.75, 3.05) is 11.5 Å². The number of carbonyl (C=O) groups is 2. The van der Waals surface area contributed by atoms with Crippen LogP contribution in [-0.4, -0.2) is 28.6 Å². The van der Waals surface area contributed by atoms with E-state index in [9.17, 15) is 14.7 Å². The van der Waals surface area contributed by atoms with Crippen molar-refractivity contribution in [2.24, 2.45) is 5.14 Å². The second-order valence-corrected chi connectivity index (χ2v) is 9.51. The minimum absolute atomic E-state index is 0.0647. The fraction of sp³-hybridized carbons (Fsp3) is 0.875. The van der Waals surface area contributed by atoms with Crippen molar-refractivity contribution < 1.29 is 19.8 Å². The molecule has 1 atom stereocenters. The molecule has 1 unspecified atom stereocenters. The van der Waals surface area contributed by atoms with Crippen LogP contribution < -0.4 is 10.2 Å².